The standard InChI is InChI=1S/C2H2N6O3S.H2O/c9-2(4-12)1-3-5-6-7(1)8(10)11;/h5-6H;1H2. The third kappa shape index (κ3) is 2.11. The molecule has 10 nitrogen and oxygen atoms in total. The van der Waals surface area contributed by atoms with Crippen LogP contribution in [0.1, 0.15) is 0 Å². The normalized spacial score (nSPS) is 13.8. The summed E-state index contributed by atoms with van der Waals surface area (Å²) in [6.07, 6.45) is 0. The molecule has 13 heavy (non-hydrogen) atoms. The van der Waals surface area contributed by atoms with Crippen molar-refractivity contribution in [1.29, 1.82) is 0 Å². The predicted octanol–water partition coefficient (Wildman–Crippen LogP) is -4.02. The number of nitro groups is 1. The zero-order valence-corrected chi connectivity index (χ0v) is 6.74. The molecule has 0 aromatic rings. The molecule has 0 aromatic heterocycles. The van der Waals surface area contributed by atoms with Crippen LogP contribution < -0.4 is 16.2 Å². The molecule has 4 N–H and O–H groups in total. The van der Waals surface area contributed by atoms with Crippen LogP contribution >= 0.6 is 0 Å². The molecule has 72 valence electrons. The Morgan fingerprint density at radius 3 is 2.85 bits per heavy atom. The summed E-state index contributed by atoms with van der Waals surface area (Å²) in [7, 11) is 0. The summed E-state index contributed by atoms with van der Waals surface area (Å²) < 4.78 is 2.82. The monoisotopic (exact) mass is 208 g/mol. The van der Waals surface area contributed by atoms with Crippen molar-refractivity contribution in [3.05, 3.63) is 10.1 Å². The molecule has 0 atom stereocenters. The van der Waals surface area contributed by atoms with E-state index < -0.39 is 10.9 Å². The molecule has 1 amide bonds. The van der Waals surface area contributed by atoms with Crippen molar-refractivity contribution in [3.63, 3.8) is 0 Å². The molecule has 0 unspecified atom stereocenters. The van der Waals surface area contributed by atoms with Gasteiger partial charge in [0.15, 0.2) is 5.12 Å². The van der Waals surface area contributed by atoms with Crippen LogP contribution in [-0.4, -0.2) is 27.4 Å². The number of hydrazine groups is 4. The lowest BCUT2D eigenvalue weighted by Gasteiger charge is -1.93. The highest BCUT2D eigenvalue weighted by molar-refractivity contribution is 7.48. The van der Waals surface area contributed by atoms with Crippen molar-refractivity contribution in [2.75, 3.05) is 0 Å². The molecule has 0 radical (unpaired) electrons. The highest BCUT2D eigenvalue weighted by Gasteiger charge is 2.42. The molecule has 0 saturated heterocycles. The van der Waals surface area contributed by atoms with Crippen molar-refractivity contribution >= 4 is 24.2 Å². The molecule has 0 aliphatic carbocycles. The molecule has 1 heterocycles. The number of hydrogen-bond acceptors (Lipinski definition) is 7. The Morgan fingerprint density at radius 2 is 2.38 bits per heavy atom. The lowest BCUT2D eigenvalue weighted by atomic mass is 10.6. The van der Waals surface area contributed by atoms with Gasteiger partial charge in [0.1, 0.15) is 0 Å². The van der Waals surface area contributed by atoms with E-state index in [-0.39, 0.29) is 11.3 Å². The van der Waals surface area contributed by atoms with E-state index in [2.05, 4.69) is 27.4 Å². The summed E-state index contributed by atoms with van der Waals surface area (Å²) in [5, 5.41) is 11.8. The van der Waals surface area contributed by atoms with Gasteiger partial charge in [-0.1, -0.05) is 0 Å². The molecule has 1 aliphatic heterocycles. The van der Waals surface area contributed by atoms with Crippen LogP contribution in [0.25, 0.3) is 0 Å². The Morgan fingerprint density at radius 1 is 1.77 bits per heavy atom. The van der Waals surface area contributed by atoms with Gasteiger partial charge in [-0.2, -0.15) is 5.53 Å². The topological polar surface area (TPSA) is 144 Å². The third-order valence-electron chi connectivity index (χ3n) is 1.00. The second-order valence-corrected chi connectivity index (χ2v) is 1.84. The number of rotatable bonds is 2. The van der Waals surface area contributed by atoms with Crippen LogP contribution in [0.5, 0.6) is 0 Å². The average molecular weight is 208 g/mol. The van der Waals surface area contributed by atoms with Crippen LogP contribution in [0, 0.1) is 10.1 Å². The number of hydrogen-bond donors (Lipinski definition) is 3. The van der Waals surface area contributed by atoms with Gasteiger partial charge in [0.05, 0.1) is 0 Å². The summed E-state index contributed by atoms with van der Waals surface area (Å²) in [6, 6.07) is 0. The Labute approximate surface area is 76.1 Å². The van der Waals surface area contributed by atoms with Gasteiger partial charge < -0.3 is 5.48 Å². The molecular weight excluding hydrogens is 204 g/mol. The van der Waals surface area contributed by atoms with E-state index in [0.717, 1.165) is 0 Å². The highest BCUT2D eigenvalue weighted by Crippen LogP contribution is 1.86. The number of amides is 1. The van der Waals surface area contributed by atoms with Gasteiger partial charge in [0.2, 0.25) is 0 Å². The first-order valence-electron chi connectivity index (χ1n) is 2.62. The molecular formula is C2H4N6O4S. The number of nitrogens with one attached hydrogen (secondary N) is 3. The maximum Gasteiger partial charge on any atom is 0.454 e. The molecule has 0 saturated carbocycles. The largest absolute Gasteiger partial charge is 0.870 e. The summed E-state index contributed by atoms with van der Waals surface area (Å²) in [5.74, 6) is -1.28. The average Bonchev–Trinajstić information content (AvgIpc) is 2.50. The molecule has 1 aliphatic rings. The lowest BCUT2D eigenvalue weighted by Crippen LogP contribution is -2.81. The van der Waals surface area contributed by atoms with E-state index in [1.54, 1.807) is 0 Å². The molecule has 0 bridgehead atoms. The minimum absolute atomic E-state index is 0. The van der Waals surface area contributed by atoms with Gasteiger partial charge in [0, 0.05) is 18.0 Å². The minimum atomic E-state index is -0.904. The Bertz CT molecular complexity index is 276. The first-order chi connectivity index (χ1) is 5.66. The van der Waals surface area contributed by atoms with E-state index in [1.165, 1.54) is 0 Å². The third-order valence-corrected chi connectivity index (χ3v) is 1.17. The first-order valence-corrected chi connectivity index (χ1v) is 2.99. The van der Waals surface area contributed by atoms with Gasteiger partial charge in [-0.05, 0) is 0 Å². The SMILES string of the molecule is O=C(N=S)C1=[NH+]NNN1[N+](=O)[O-].[OH-]. The summed E-state index contributed by atoms with van der Waals surface area (Å²) in [5.41, 5.74) is 4.17. The zero-order chi connectivity index (χ0) is 9.14. The molecule has 0 aromatic carbocycles. The van der Waals surface area contributed by atoms with E-state index in [4.69, 9.17) is 0 Å². The van der Waals surface area contributed by atoms with Crippen molar-refractivity contribution < 1.29 is 20.4 Å². The Balaban J connectivity index is 0.00000144. The molecule has 1 rings (SSSR count). The molecule has 0 fully saturated rings. The fourth-order valence-corrected chi connectivity index (χ4v) is 0.645. The van der Waals surface area contributed by atoms with Crippen molar-refractivity contribution in [2.24, 2.45) is 4.36 Å². The Hall–Kier alpha value is -1.72. The second kappa shape index (κ2) is 4.34. The number of hydrazone groups is 1. The van der Waals surface area contributed by atoms with E-state index in [1.807, 2.05) is 5.53 Å². The van der Waals surface area contributed by atoms with Crippen LogP contribution in [0.3, 0.4) is 0 Å². The fraction of sp³-hybridized carbons (Fsp3) is 0. The van der Waals surface area contributed by atoms with Gasteiger partial charge in [-0.15, -0.1) is 9.46 Å². The molecule has 11 heteroatoms. The molecule has 0 spiro atoms. The fourth-order valence-electron chi connectivity index (χ4n) is 0.559. The summed E-state index contributed by atoms with van der Waals surface area (Å²) in [6.45, 7) is 0. The lowest BCUT2D eigenvalue weighted by molar-refractivity contribution is -0.642. The van der Waals surface area contributed by atoms with Crippen LogP contribution in [0.2, 0.25) is 0 Å². The summed E-state index contributed by atoms with van der Waals surface area (Å²) in [4.78, 5) is 20.9. The van der Waals surface area contributed by atoms with Gasteiger partial charge in [0.25, 0.3) is 5.03 Å². The minimum Gasteiger partial charge on any atom is -0.870 e. The Kier molecular flexibility index (Phi) is 3.77. The van der Waals surface area contributed by atoms with E-state index in [9.17, 15) is 14.9 Å². The van der Waals surface area contributed by atoms with Crippen molar-refractivity contribution in [3.8, 4) is 0 Å². The van der Waals surface area contributed by atoms with E-state index in [0.29, 0.717) is 5.12 Å². The number of carbonyl (C=O) groups is 1. The second-order valence-electron chi connectivity index (χ2n) is 1.66. The highest BCUT2D eigenvalue weighted by atomic mass is 32.1. The number of amidine groups is 1. The van der Waals surface area contributed by atoms with Gasteiger partial charge in [-0.25, -0.2) is 10.1 Å². The van der Waals surface area contributed by atoms with Crippen molar-refractivity contribution in [2.45, 2.75) is 0 Å². The predicted molar refractivity (Wildman–Crippen MR) is 37.8 cm³/mol. The zero-order valence-electron chi connectivity index (χ0n) is 5.92. The van der Waals surface area contributed by atoms with Gasteiger partial charge in [-0.3, -0.25) is 4.79 Å². The number of nitrogens with zero attached hydrogens (tertiary/aromatic N) is 3. The maximum absolute atomic E-state index is 10.7. The van der Waals surface area contributed by atoms with Crippen LogP contribution in [0.15, 0.2) is 4.36 Å². The smallest absolute Gasteiger partial charge is 0.454 e. The van der Waals surface area contributed by atoms with Crippen LogP contribution in [-0.2, 0) is 17.2 Å². The number of carbonyl (C=O) groups excluding carboxylic acids is 1. The quantitative estimate of drug-likeness (QED) is 0.307. The van der Waals surface area contributed by atoms with Crippen molar-refractivity contribution in [1.82, 2.24) is 16.2 Å². The summed E-state index contributed by atoms with van der Waals surface area (Å²) >= 11 is 4.06. The maximum atomic E-state index is 10.7. The van der Waals surface area contributed by atoms with Crippen LogP contribution in [0.4, 0.5) is 0 Å². The first kappa shape index (κ1) is 11.3. The van der Waals surface area contributed by atoms with E-state index >= 15 is 0 Å². The van der Waals surface area contributed by atoms with Gasteiger partial charge >= 0.3 is 11.7 Å².